The summed E-state index contributed by atoms with van der Waals surface area (Å²) >= 11 is 3.43. The highest BCUT2D eigenvalue weighted by atomic mass is 79.9. The van der Waals surface area contributed by atoms with Gasteiger partial charge in [-0.2, -0.15) is 0 Å². The molecule has 6 heteroatoms. The largest absolute Gasteiger partial charge is 0.480 e. The number of amides is 1. The van der Waals surface area contributed by atoms with E-state index in [1.807, 2.05) is 24.3 Å². The van der Waals surface area contributed by atoms with E-state index in [2.05, 4.69) is 15.9 Å². The smallest absolute Gasteiger partial charge is 0.328 e. The average Bonchev–Trinajstić information content (AvgIpc) is 3.27. The van der Waals surface area contributed by atoms with Gasteiger partial charge in [0.1, 0.15) is 0 Å². The Kier molecular flexibility index (Phi) is 3.99. The lowest BCUT2D eigenvalue weighted by Gasteiger charge is -2.33. The summed E-state index contributed by atoms with van der Waals surface area (Å²) in [6.45, 7) is 0.844. The van der Waals surface area contributed by atoms with E-state index in [-0.39, 0.29) is 24.3 Å². The van der Waals surface area contributed by atoms with Gasteiger partial charge in [-0.25, -0.2) is 4.79 Å². The Labute approximate surface area is 131 Å². The van der Waals surface area contributed by atoms with Crippen molar-refractivity contribution in [2.24, 2.45) is 5.92 Å². The molecular formula is C15H16BrNO4. The molecule has 1 aromatic rings. The van der Waals surface area contributed by atoms with Crippen LogP contribution in [0, 0.1) is 5.92 Å². The summed E-state index contributed by atoms with van der Waals surface area (Å²) in [6, 6.07) is 7.08. The van der Waals surface area contributed by atoms with Gasteiger partial charge in [-0.3, -0.25) is 4.79 Å². The van der Waals surface area contributed by atoms with E-state index in [9.17, 15) is 14.7 Å². The fraction of sp³-hybridized carbons (Fsp3) is 0.467. The molecule has 2 aliphatic rings. The van der Waals surface area contributed by atoms with Crippen LogP contribution >= 0.6 is 15.9 Å². The van der Waals surface area contributed by atoms with Gasteiger partial charge in [0.05, 0.1) is 13.2 Å². The molecule has 0 aromatic heterocycles. The van der Waals surface area contributed by atoms with Crippen molar-refractivity contribution in [1.82, 2.24) is 4.90 Å². The summed E-state index contributed by atoms with van der Waals surface area (Å²) in [5.74, 6) is -0.954. The number of ether oxygens (including phenoxy) is 1. The molecule has 1 aliphatic heterocycles. The van der Waals surface area contributed by atoms with Crippen LogP contribution in [0.1, 0.15) is 17.9 Å². The molecule has 1 amide bonds. The molecular weight excluding hydrogens is 338 g/mol. The van der Waals surface area contributed by atoms with Crippen LogP contribution in [0.4, 0.5) is 0 Å². The van der Waals surface area contributed by atoms with E-state index in [1.54, 1.807) is 0 Å². The lowest BCUT2D eigenvalue weighted by atomic mass is 10.1. The van der Waals surface area contributed by atoms with E-state index in [0.29, 0.717) is 13.2 Å². The number of morpholine rings is 1. The first-order valence-electron chi connectivity index (χ1n) is 6.94. The molecule has 0 spiro atoms. The van der Waals surface area contributed by atoms with Crippen molar-refractivity contribution in [3.05, 3.63) is 34.3 Å². The third kappa shape index (κ3) is 2.96. The summed E-state index contributed by atoms with van der Waals surface area (Å²) < 4.78 is 6.16. The maximum atomic E-state index is 12.5. The Balaban J connectivity index is 1.70. The van der Waals surface area contributed by atoms with Crippen LogP contribution in [0.15, 0.2) is 28.7 Å². The quantitative estimate of drug-likeness (QED) is 0.900. The van der Waals surface area contributed by atoms with Crippen LogP contribution < -0.4 is 0 Å². The van der Waals surface area contributed by atoms with Gasteiger partial charge in [-0.1, -0.05) is 28.1 Å². The summed E-state index contributed by atoms with van der Waals surface area (Å²) in [4.78, 5) is 25.2. The predicted molar refractivity (Wildman–Crippen MR) is 78.9 cm³/mol. The van der Waals surface area contributed by atoms with Gasteiger partial charge in [-0.15, -0.1) is 0 Å². The maximum Gasteiger partial charge on any atom is 0.328 e. The van der Waals surface area contributed by atoms with E-state index >= 15 is 0 Å². The number of nitrogens with zero attached hydrogens (tertiary/aromatic N) is 1. The molecule has 21 heavy (non-hydrogen) atoms. The van der Waals surface area contributed by atoms with Gasteiger partial charge in [0.25, 0.3) is 0 Å². The van der Waals surface area contributed by atoms with Crippen LogP contribution in [-0.4, -0.2) is 47.7 Å². The lowest BCUT2D eigenvalue weighted by Crippen LogP contribution is -2.53. The standard InChI is InChI=1S/C15H16BrNO4/c16-10-3-1-2-9(6-10)11-7-12(11)14(18)17-4-5-21-8-13(17)15(19)20/h1-3,6,11-13H,4-5,7-8H2,(H,19,20)/t11-,12+,13+/m1/s1. The summed E-state index contributed by atoms with van der Waals surface area (Å²) in [5.41, 5.74) is 1.13. The average molecular weight is 354 g/mol. The molecule has 3 rings (SSSR count). The molecule has 112 valence electrons. The first-order chi connectivity index (χ1) is 10.1. The molecule has 3 atom stereocenters. The summed E-state index contributed by atoms with van der Waals surface area (Å²) in [7, 11) is 0. The molecule has 2 fully saturated rings. The molecule has 0 bridgehead atoms. The Hall–Kier alpha value is -1.40. The molecule has 1 heterocycles. The Morgan fingerprint density at radius 2 is 2.19 bits per heavy atom. The number of carbonyl (C=O) groups is 2. The minimum Gasteiger partial charge on any atom is -0.480 e. The number of benzene rings is 1. The van der Waals surface area contributed by atoms with E-state index < -0.39 is 12.0 Å². The maximum absolute atomic E-state index is 12.5. The monoisotopic (exact) mass is 353 g/mol. The van der Waals surface area contributed by atoms with Crippen molar-refractivity contribution in [3.8, 4) is 0 Å². The SMILES string of the molecule is O=C(O)[C@@H]1COCCN1C(=O)[C@H]1C[C@@H]1c1cccc(Br)c1. The summed E-state index contributed by atoms with van der Waals surface area (Å²) in [6.07, 6.45) is 0.791. The first-order valence-corrected chi connectivity index (χ1v) is 7.73. The second-order valence-corrected chi connectivity index (χ2v) is 6.38. The Morgan fingerprint density at radius 1 is 1.38 bits per heavy atom. The number of halogens is 1. The van der Waals surface area contributed by atoms with Gasteiger partial charge >= 0.3 is 5.97 Å². The van der Waals surface area contributed by atoms with E-state index in [0.717, 1.165) is 16.5 Å². The highest BCUT2D eigenvalue weighted by Crippen LogP contribution is 2.49. The third-order valence-electron chi connectivity index (χ3n) is 4.08. The zero-order chi connectivity index (χ0) is 15.0. The Bertz CT molecular complexity index is 577. The first kappa shape index (κ1) is 14.5. The molecule has 1 N–H and O–H groups in total. The van der Waals surface area contributed by atoms with E-state index in [1.165, 1.54) is 4.90 Å². The van der Waals surface area contributed by atoms with E-state index in [4.69, 9.17) is 4.74 Å². The van der Waals surface area contributed by atoms with Gasteiger partial charge in [0, 0.05) is 16.9 Å². The highest BCUT2D eigenvalue weighted by molar-refractivity contribution is 9.10. The number of hydrogen-bond donors (Lipinski definition) is 1. The predicted octanol–water partition coefficient (Wildman–Crippen LogP) is 1.86. The molecule has 0 radical (unpaired) electrons. The molecule has 0 unspecified atom stereocenters. The van der Waals surface area contributed by atoms with Crippen molar-refractivity contribution in [1.29, 1.82) is 0 Å². The number of carboxylic acid groups (broad SMARTS) is 1. The molecule has 1 aromatic carbocycles. The number of carbonyl (C=O) groups excluding carboxylic acids is 1. The number of carboxylic acids is 1. The minimum atomic E-state index is -0.997. The zero-order valence-electron chi connectivity index (χ0n) is 11.4. The van der Waals surface area contributed by atoms with Crippen molar-refractivity contribution in [2.75, 3.05) is 19.8 Å². The Morgan fingerprint density at radius 3 is 2.90 bits per heavy atom. The molecule has 1 aliphatic carbocycles. The molecule has 1 saturated heterocycles. The van der Waals surface area contributed by atoms with Crippen LogP contribution in [0.2, 0.25) is 0 Å². The van der Waals surface area contributed by atoms with Crippen molar-refractivity contribution < 1.29 is 19.4 Å². The van der Waals surface area contributed by atoms with Crippen LogP contribution in [0.5, 0.6) is 0 Å². The molecule has 5 nitrogen and oxygen atoms in total. The van der Waals surface area contributed by atoms with Crippen molar-refractivity contribution in [3.63, 3.8) is 0 Å². The van der Waals surface area contributed by atoms with Crippen molar-refractivity contribution in [2.45, 2.75) is 18.4 Å². The minimum absolute atomic E-state index is 0.0596. The normalized spacial score (nSPS) is 28.2. The van der Waals surface area contributed by atoms with Gasteiger partial charge < -0.3 is 14.7 Å². The fourth-order valence-corrected chi connectivity index (χ4v) is 3.28. The second kappa shape index (κ2) is 5.77. The van der Waals surface area contributed by atoms with Gasteiger partial charge in [0.2, 0.25) is 5.91 Å². The third-order valence-corrected chi connectivity index (χ3v) is 4.57. The lowest BCUT2D eigenvalue weighted by molar-refractivity contribution is -0.158. The van der Waals surface area contributed by atoms with Crippen molar-refractivity contribution >= 4 is 27.8 Å². The van der Waals surface area contributed by atoms with Crippen LogP contribution in [-0.2, 0) is 14.3 Å². The van der Waals surface area contributed by atoms with Crippen LogP contribution in [0.3, 0.4) is 0 Å². The number of hydrogen-bond acceptors (Lipinski definition) is 3. The topological polar surface area (TPSA) is 66.8 Å². The van der Waals surface area contributed by atoms with Gasteiger partial charge in [-0.05, 0) is 30.0 Å². The highest BCUT2D eigenvalue weighted by Gasteiger charge is 2.48. The number of rotatable bonds is 3. The second-order valence-electron chi connectivity index (χ2n) is 5.46. The van der Waals surface area contributed by atoms with Gasteiger partial charge in [0.15, 0.2) is 6.04 Å². The summed E-state index contributed by atoms with van der Waals surface area (Å²) in [5, 5.41) is 9.20. The zero-order valence-corrected chi connectivity index (χ0v) is 13.0. The van der Waals surface area contributed by atoms with Crippen LogP contribution in [0.25, 0.3) is 0 Å². The number of aliphatic carboxylic acids is 1. The fourth-order valence-electron chi connectivity index (χ4n) is 2.86. The molecule has 1 saturated carbocycles.